The Morgan fingerprint density at radius 3 is 2.43 bits per heavy atom. The fourth-order valence-electron chi connectivity index (χ4n) is 5.06. The molecule has 5 rings (SSSR count). The van der Waals surface area contributed by atoms with Gasteiger partial charge in [0.15, 0.2) is 5.82 Å². The molecule has 0 aliphatic carbocycles. The van der Waals surface area contributed by atoms with Crippen LogP contribution >= 0.6 is 0 Å². The zero-order chi connectivity index (χ0) is 25.6. The van der Waals surface area contributed by atoms with E-state index in [1.807, 2.05) is 36.7 Å². The van der Waals surface area contributed by atoms with E-state index in [-0.39, 0.29) is 11.8 Å². The van der Waals surface area contributed by atoms with Gasteiger partial charge < -0.3 is 19.9 Å². The number of piperidine rings is 2. The van der Waals surface area contributed by atoms with E-state index in [4.69, 9.17) is 4.74 Å². The van der Waals surface area contributed by atoms with Gasteiger partial charge in [0.25, 0.3) is 0 Å². The van der Waals surface area contributed by atoms with Gasteiger partial charge in [0.1, 0.15) is 30.9 Å². The fraction of sp³-hybridized carbons (Fsp3) is 0.538. The van der Waals surface area contributed by atoms with Crippen molar-refractivity contribution in [2.75, 3.05) is 49.1 Å². The number of ether oxygens (including phenoxy) is 1. The molecule has 196 valence electrons. The highest BCUT2D eigenvalue weighted by molar-refractivity contribution is 5.79. The lowest BCUT2D eigenvalue weighted by atomic mass is 9.97. The summed E-state index contributed by atoms with van der Waals surface area (Å²) in [6.45, 7) is 8.26. The molecule has 2 fully saturated rings. The molecule has 0 bridgehead atoms. The number of nitrogens with zero attached hydrogens (tertiary/aromatic N) is 8. The van der Waals surface area contributed by atoms with Crippen molar-refractivity contribution in [1.82, 2.24) is 35.0 Å². The summed E-state index contributed by atoms with van der Waals surface area (Å²) in [5.41, 5.74) is 1.96. The van der Waals surface area contributed by atoms with Crippen LogP contribution in [0.4, 0.5) is 11.6 Å². The van der Waals surface area contributed by atoms with Gasteiger partial charge in [-0.05, 0) is 52.0 Å². The van der Waals surface area contributed by atoms with E-state index in [1.54, 1.807) is 12.7 Å². The van der Waals surface area contributed by atoms with Gasteiger partial charge in [0, 0.05) is 44.0 Å². The molecule has 0 saturated carbocycles. The van der Waals surface area contributed by atoms with Crippen LogP contribution in [0.2, 0.25) is 0 Å². The number of rotatable bonds is 8. The van der Waals surface area contributed by atoms with Crippen LogP contribution in [0.5, 0.6) is 5.88 Å². The van der Waals surface area contributed by atoms with Crippen molar-refractivity contribution in [3.63, 3.8) is 0 Å². The maximum Gasteiger partial charge on any atom is 0.225 e. The number of nitrogens with one attached hydrogen (secondary N) is 1. The quantitative estimate of drug-likeness (QED) is 0.461. The molecule has 37 heavy (non-hydrogen) atoms. The number of anilines is 2. The second-order valence-corrected chi connectivity index (χ2v) is 9.76. The van der Waals surface area contributed by atoms with Crippen LogP contribution in [0, 0.1) is 19.8 Å². The third kappa shape index (κ3) is 6.15. The van der Waals surface area contributed by atoms with Crippen molar-refractivity contribution in [2.24, 2.45) is 5.92 Å². The number of hydrogen-bond donors (Lipinski definition) is 1. The minimum Gasteiger partial charge on any atom is -0.476 e. The van der Waals surface area contributed by atoms with Gasteiger partial charge in [0.2, 0.25) is 11.8 Å². The van der Waals surface area contributed by atoms with Crippen LogP contribution in [-0.4, -0.2) is 75.0 Å². The zero-order valence-electron chi connectivity index (χ0n) is 21.6. The third-order valence-corrected chi connectivity index (χ3v) is 6.94. The highest BCUT2D eigenvalue weighted by Crippen LogP contribution is 2.23. The lowest BCUT2D eigenvalue weighted by molar-refractivity contribution is -0.125. The average molecular weight is 506 g/mol. The van der Waals surface area contributed by atoms with Crippen LogP contribution in [0.1, 0.15) is 43.5 Å². The number of aromatic nitrogens is 6. The summed E-state index contributed by atoms with van der Waals surface area (Å²) in [4.78, 5) is 34.8. The predicted octanol–water partition coefficient (Wildman–Crippen LogP) is 2.47. The van der Waals surface area contributed by atoms with Crippen molar-refractivity contribution < 1.29 is 9.53 Å². The maximum atomic E-state index is 12.9. The standard InChI is InChI=1S/C26H35N9O2/c1-19-13-20(2)35(32-19)24-14-22(28-17-30-24)34-11-6-7-21(16-34)26(36)27-8-12-37-25-15-23(29-18-31-25)33-9-4-3-5-10-33/h13-15,17-18,21H,3-12,16H2,1-2H3,(H,27,36). The minimum absolute atomic E-state index is 0.0396. The molecule has 0 radical (unpaired) electrons. The number of aryl methyl sites for hydroxylation is 2. The zero-order valence-corrected chi connectivity index (χ0v) is 21.6. The second-order valence-electron chi connectivity index (χ2n) is 9.76. The molecule has 2 aliphatic rings. The second kappa shape index (κ2) is 11.5. The Bertz CT molecular complexity index is 1210. The topological polar surface area (TPSA) is 114 Å². The van der Waals surface area contributed by atoms with Gasteiger partial charge in [-0.2, -0.15) is 5.10 Å². The summed E-state index contributed by atoms with van der Waals surface area (Å²) in [5.74, 6) is 2.92. The summed E-state index contributed by atoms with van der Waals surface area (Å²) in [6.07, 6.45) is 8.53. The summed E-state index contributed by atoms with van der Waals surface area (Å²) in [6, 6.07) is 5.84. The van der Waals surface area contributed by atoms with Crippen LogP contribution in [0.15, 0.2) is 30.9 Å². The first kappa shape index (κ1) is 24.9. The van der Waals surface area contributed by atoms with Crippen molar-refractivity contribution in [2.45, 2.75) is 46.0 Å². The molecule has 11 nitrogen and oxygen atoms in total. The minimum atomic E-state index is -0.106. The van der Waals surface area contributed by atoms with E-state index in [2.05, 4.69) is 40.2 Å². The summed E-state index contributed by atoms with van der Waals surface area (Å²) >= 11 is 0. The van der Waals surface area contributed by atoms with Gasteiger partial charge in [-0.15, -0.1) is 0 Å². The first-order chi connectivity index (χ1) is 18.1. The average Bonchev–Trinajstić information content (AvgIpc) is 3.29. The summed E-state index contributed by atoms with van der Waals surface area (Å²) in [7, 11) is 0. The lowest BCUT2D eigenvalue weighted by Crippen LogP contribution is -2.44. The molecule has 1 unspecified atom stereocenters. The molecule has 11 heteroatoms. The molecule has 2 aliphatic heterocycles. The fourth-order valence-corrected chi connectivity index (χ4v) is 5.06. The van der Waals surface area contributed by atoms with E-state index in [0.717, 1.165) is 61.3 Å². The number of hydrogen-bond acceptors (Lipinski definition) is 9. The van der Waals surface area contributed by atoms with Gasteiger partial charge in [0.05, 0.1) is 18.2 Å². The first-order valence-electron chi connectivity index (χ1n) is 13.1. The molecule has 3 aromatic heterocycles. The molecule has 3 aromatic rings. The molecule has 1 amide bonds. The Balaban J connectivity index is 1.12. The van der Waals surface area contributed by atoms with Crippen molar-refractivity contribution in [1.29, 1.82) is 0 Å². The van der Waals surface area contributed by atoms with Crippen LogP contribution in [-0.2, 0) is 4.79 Å². The van der Waals surface area contributed by atoms with E-state index in [9.17, 15) is 4.79 Å². The van der Waals surface area contributed by atoms with Crippen LogP contribution in [0.3, 0.4) is 0 Å². The Morgan fingerprint density at radius 2 is 1.65 bits per heavy atom. The Kier molecular flexibility index (Phi) is 7.76. The Labute approximate surface area is 217 Å². The van der Waals surface area contributed by atoms with Crippen molar-refractivity contribution in [3.8, 4) is 11.7 Å². The van der Waals surface area contributed by atoms with E-state index in [0.29, 0.717) is 25.6 Å². The van der Waals surface area contributed by atoms with Gasteiger partial charge in [-0.1, -0.05) is 0 Å². The summed E-state index contributed by atoms with van der Waals surface area (Å²) < 4.78 is 7.63. The molecule has 2 saturated heterocycles. The third-order valence-electron chi connectivity index (χ3n) is 6.94. The molecule has 1 N–H and O–H groups in total. The Hall–Kier alpha value is -3.76. The molecule has 1 atom stereocenters. The molecular formula is C26H35N9O2. The smallest absolute Gasteiger partial charge is 0.225 e. The molecule has 5 heterocycles. The van der Waals surface area contributed by atoms with Gasteiger partial charge in [-0.3, -0.25) is 4.79 Å². The summed E-state index contributed by atoms with van der Waals surface area (Å²) in [5, 5.41) is 7.55. The van der Waals surface area contributed by atoms with E-state index < -0.39 is 0 Å². The van der Waals surface area contributed by atoms with E-state index >= 15 is 0 Å². The SMILES string of the molecule is Cc1cc(C)n(-c2cc(N3CCCC(C(=O)NCCOc4cc(N5CCCCC5)ncn4)C3)ncn2)n1. The monoisotopic (exact) mass is 505 g/mol. The largest absolute Gasteiger partial charge is 0.476 e. The number of carbonyl (C=O) groups is 1. The van der Waals surface area contributed by atoms with Gasteiger partial charge in [-0.25, -0.2) is 24.6 Å². The normalized spacial score (nSPS) is 18.1. The highest BCUT2D eigenvalue weighted by Gasteiger charge is 2.27. The molecular weight excluding hydrogens is 470 g/mol. The van der Waals surface area contributed by atoms with Crippen LogP contribution in [0.25, 0.3) is 5.82 Å². The number of carbonyl (C=O) groups excluding carboxylic acids is 1. The maximum absolute atomic E-state index is 12.9. The van der Waals surface area contributed by atoms with Crippen molar-refractivity contribution in [3.05, 3.63) is 42.2 Å². The molecule has 0 spiro atoms. The predicted molar refractivity (Wildman–Crippen MR) is 140 cm³/mol. The van der Waals surface area contributed by atoms with Crippen molar-refractivity contribution >= 4 is 17.5 Å². The van der Waals surface area contributed by atoms with E-state index in [1.165, 1.54) is 19.3 Å². The first-order valence-corrected chi connectivity index (χ1v) is 13.1. The highest BCUT2D eigenvalue weighted by atomic mass is 16.5. The van der Waals surface area contributed by atoms with Gasteiger partial charge >= 0.3 is 0 Å². The molecule has 0 aromatic carbocycles. The number of amides is 1. The van der Waals surface area contributed by atoms with Crippen LogP contribution < -0.4 is 19.9 Å². The lowest BCUT2D eigenvalue weighted by Gasteiger charge is -2.32. The Morgan fingerprint density at radius 1 is 0.919 bits per heavy atom.